The van der Waals surface area contributed by atoms with Gasteiger partial charge in [0.15, 0.2) is 11.6 Å². The van der Waals surface area contributed by atoms with Crippen LogP contribution in [0.2, 0.25) is 0 Å². The summed E-state index contributed by atoms with van der Waals surface area (Å²) in [7, 11) is 0. The Balaban J connectivity index is 1.89. The molecule has 0 spiro atoms. The molecular weight excluding hydrogens is 193 g/mol. The van der Waals surface area contributed by atoms with Gasteiger partial charge in [0.1, 0.15) is 0 Å². The van der Waals surface area contributed by atoms with Crippen LogP contribution in [0.5, 0.6) is 5.75 Å². The summed E-state index contributed by atoms with van der Waals surface area (Å²) < 4.78 is 13.0. The number of benzene rings is 1. The van der Waals surface area contributed by atoms with Gasteiger partial charge >= 0.3 is 0 Å². The topological polar surface area (TPSA) is 32.3 Å². The van der Waals surface area contributed by atoms with Crippen LogP contribution in [-0.2, 0) is 6.54 Å². The van der Waals surface area contributed by atoms with Crippen molar-refractivity contribution in [2.75, 3.05) is 0 Å². The summed E-state index contributed by atoms with van der Waals surface area (Å²) in [6.07, 6.45) is 2.61. The molecule has 0 heterocycles. The van der Waals surface area contributed by atoms with Gasteiger partial charge in [-0.25, -0.2) is 4.39 Å². The van der Waals surface area contributed by atoms with Crippen molar-refractivity contribution in [3.63, 3.8) is 0 Å². The van der Waals surface area contributed by atoms with Gasteiger partial charge in [-0.3, -0.25) is 0 Å². The van der Waals surface area contributed by atoms with Gasteiger partial charge in [-0.15, -0.1) is 0 Å². The maximum atomic E-state index is 13.0. The first kappa shape index (κ1) is 10.4. The predicted molar refractivity (Wildman–Crippen MR) is 57.1 cm³/mol. The Morgan fingerprint density at radius 1 is 1.53 bits per heavy atom. The summed E-state index contributed by atoms with van der Waals surface area (Å²) in [6.45, 7) is 2.82. The van der Waals surface area contributed by atoms with Gasteiger partial charge in [0.05, 0.1) is 0 Å². The van der Waals surface area contributed by atoms with Crippen LogP contribution < -0.4 is 5.32 Å². The fourth-order valence-electron chi connectivity index (χ4n) is 1.70. The molecule has 0 radical (unpaired) electrons. The minimum Gasteiger partial charge on any atom is -0.505 e. The Bertz CT molecular complexity index is 349. The van der Waals surface area contributed by atoms with E-state index in [0.29, 0.717) is 12.6 Å². The van der Waals surface area contributed by atoms with Crippen molar-refractivity contribution in [3.8, 4) is 5.75 Å². The second kappa shape index (κ2) is 4.19. The fraction of sp³-hybridized carbons (Fsp3) is 0.500. The lowest BCUT2D eigenvalue weighted by atomic mass is 10.1. The molecule has 0 bridgehead atoms. The van der Waals surface area contributed by atoms with Crippen LogP contribution in [-0.4, -0.2) is 11.1 Å². The Morgan fingerprint density at radius 3 is 2.87 bits per heavy atom. The Morgan fingerprint density at radius 2 is 2.27 bits per heavy atom. The average molecular weight is 209 g/mol. The van der Waals surface area contributed by atoms with Gasteiger partial charge in [0.2, 0.25) is 0 Å². The quantitative estimate of drug-likeness (QED) is 0.798. The fourth-order valence-corrected chi connectivity index (χ4v) is 1.70. The summed E-state index contributed by atoms with van der Waals surface area (Å²) in [4.78, 5) is 0. The number of hydrogen-bond donors (Lipinski definition) is 2. The maximum absolute atomic E-state index is 13.0. The van der Waals surface area contributed by atoms with Crippen LogP contribution in [0.15, 0.2) is 18.2 Å². The Labute approximate surface area is 89.1 Å². The van der Waals surface area contributed by atoms with Crippen molar-refractivity contribution in [3.05, 3.63) is 29.6 Å². The van der Waals surface area contributed by atoms with Crippen molar-refractivity contribution in [1.29, 1.82) is 0 Å². The van der Waals surface area contributed by atoms with Crippen LogP contribution >= 0.6 is 0 Å². The summed E-state index contributed by atoms with van der Waals surface area (Å²) in [6, 6.07) is 5.02. The van der Waals surface area contributed by atoms with E-state index in [9.17, 15) is 4.39 Å². The maximum Gasteiger partial charge on any atom is 0.165 e. The van der Waals surface area contributed by atoms with E-state index in [4.69, 9.17) is 5.11 Å². The van der Waals surface area contributed by atoms with Crippen molar-refractivity contribution in [1.82, 2.24) is 5.32 Å². The van der Waals surface area contributed by atoms with E-state index < -0.39 is 5.82 Å². The molecule has 0 aliphatic heterocycles. The minimum atomic E-state index is -0.548. The standard InChI is InChI=1S/C12H16FNO/c1-8(10-3-4-10)14-7-9-2-5-12(15)11(13)6-9/h2,5-6,8,10,14-15H,3-4,7H2,1H3. The van der Waals surface area contributed by atoms with E-state index >= 15 is 0 Å². The van der Waals surface area contributed by atoms with E-state index in [1.54, 1.807) is 6.07 Å². The molecule has 1 unspecified atom stereocenters. The molecule has 1 fully saturated rings. The highest BCUT2D eigenvalue weighted by Crippen LogP contribution is 2.32. The third-order valence-electron chi connectivity index (χ3n) is 2.97. The Hall–Kier alpha value is -1.09. The van der Waals surface area contributed by atoms with Gasteiger partial charge in [-0.1, -0.05) is 6.07 Å². The first-order chi connectivity index (χ1) is 7.16. The Kier molecular flexibility index (Phi) is 2.91. The number of phenolic OH excluding ortho intramolecular Hbond substituents is 1. The zero-order chi connectivity index (χ0) is 10.8. The number of halogens is 1. The minimum absolute atomic E-state index is 0.283. The lowest BCUT2D eigenvalue weighted by Crippen LogP contribution is -2.27. The van der Waals surface area contributed by atoms with E-state index in [2.05, 4.69) is 12.2 Å². The lowest BCUT2D eigenvalue weighted by molar-refractivity contribution is 0.430. The molecule has 1 aromatic carbocycles. The molecule has 1 atom stereocenters. The van der Waals surface area contributed by atoms with Crippen LogP contribution in [0.1, 0.15) is 25.3 Å². The summed E-state index contributed by atoms with van der Waals surface area (Å²) in [5, 5.41) is 12.4. The molecule has 3 heteroatoms. The van der Waals surface area contributed by atoms with Crippen molar-refractivity contribution < 1.29 is 9.50 Å². The highest BCUT2D eigenvalue weighted by molar-refractivity contribution is 5.27. The van der Waals surface area contributed by atoms with Gasteiger partial charge in [0, 0.05) is 12.6 Å². The molecule has 1 saturated carbocycles. The summed E-state index contributed by atoms with van der Waals surface area (Å²) >= 11 is 0. The number of nitrogens with one attached hydrogen (secondary N) is 1. The largest absolute Gasteiger partial charge is 0.505 e. The molecule has 2 nitrogen and oxygen atoms in total. The predicted octanol–water partition coefficient (Wildman–Crippen LogP) is 2.42. The zero-order valence-electron chi connectivity index (χ0n) is 8.83. The monoisotopic (exact) mass is 209 g/mol. The van der Waals surface area contributed by atoms with E-state index in [-0.39, 0.29) is 5.75 Å². The highest BCUT2D eigenvalue weighted by atomic mass is 19.1. The van der Waals surface area contributed by atoms with Crippen LogP contribution in [0.25, 0.3) is 0 Å². The van der Waals surface area contributed by atoms with Crippen molar-refractivity contribution in [2.45, 2.75) is 32.4 Å². The molecule has 2 N–H and O–H groups in total. The number of phenols is 1. The molecular formula is C12H16FNO. The van der Waals surface area contributed by atoms with Crippen molar-refractivity contribution in [2.24, 2.45) is 5.92 Å². The molecule has 1 aromatic rings. The second-order valence-corrected chi connectivity index (χ2v) is 4.29. The zero-order valence-corrected chi connectivity index (χ0v) is 8.83. The molecule has 15 heavy (non-hydrogen) atoms. The SMILES string of the molecule is CC(NCc1ccc(O)c(F)c1)C1CC1. The van der Waals surface area contributed by atoms with Gasteiger partial charge in [0.25, 0.3) is 0 Å². The molecule has 0 aromatic heterocycles. The van der Waals surface area contributed by atoms with Crippen molar-refractivity contribution >= 4 is 0 Å². The smallest absolute Gasteiger partial charge is 0.165 e. The third kappa shape index (κ3) is 2.69. The molecule has 1 aliphatic rings. The summed E-state index contributed by atoms with van der Waals surface area (Å²) in [5.41, 5.74) is 0.873. The molecule has 82 valence electrons. The van der Waals surface area contributed by atoms with Gasteiger partial charge in [-0.2, -0.15) is 0 Å². The van der Waals surface area contributed by atoms with Crippen LogP contribution in [0.3, 0.4) is 0 Å². The first-order valence-electron chi connectivity index (χ1n) is 5.37. The van der Waals surface area contributed by atoms with Gasteiger partial charge < -0.3 is 10.4 Å². The highest BCUT2D eigenvalue weighted by Gasteiger charge is 2.27. The van der Waals surface area contributed by atoms with Crippen LogP contribution in [0.4, 0.5) is 4.39 Å². The molecule has 0 amide bonds. The van der Waals surface area contributed by atoms with Crippen LogP contribution in [0, 0.1) is 11.7 Å². The lowest BCUT2D eigenvalue weighted by Gasteiger charge is -2.12. The third-order valence-corrected chi connectivity index (χ3v) is 2.97. The van der Waals surface area contributed by atoms with E-state index in [0.717, 1.165) is 11.5 Å². The number of hydrogen-bond acceptors (Lipinski definition) is 2. The van der Waals surface area contributed by atoms with Gasteiger partial charge in [-0.05, 0) is 43.4 Å². The first-order valence-corrected chi connectivity index (χ1v) is 5.37. The molecule has 0 saturated heterocycles. The normalized spacial score (nSPS) is 17.7. The number of aromatic hydroxyl groups is 1. The molecule has 2 rings (SSSR count). The van der Waals surface area contributed by atoms with E-state index in [1.807, 2.05) is 0 Å². The number of rotatable bonds is 4. The average Bonchev–Trinajstić information content (AvgIpc) is 3.03. The second-order valence-electron chi connectivity index (χ2n) is 4.29. The molecule has 1 aliphatic carbocycles. The van der Waals surface area contributed by atoms with E-state index in [1.165, 1.54) is 25.0 Å². The summed E-state index contributed by atoms with van der Waals surface area (Å²) in [5.74, 6) is -0.0330.